The molecular weight excluding hydrogens is 198 g/mol. The molecule has 0 saturated carbocycles. The highest BCUT2D eigenvalue weighted by molar-refractivity contribution is 7.30. The molecule has 0 radical (unpaired) electrons. The summed E-state index contributed by atoms with van der Waals surface area (Å²) in [6.07, 6.45) is -1.77. The van der Waals surface area contributed by atoms with Crippen molar-refractivity contribution in [3.8, 4) is 0 Å². The molecule has 7 nitrogen and oxygen atoms in total. The standard InChI is InChI=1S/C2H4O7P2/c3-2(9-11(6)7)1-8-10(4)5/h2-3H,1H2. The van der Waals surface area contributed by atoms with Crippen LogP contribution in [-0.2, 0) is 18.2 Å². The summed E-state index contributed by atoms with van der Waals surface area (Å²) in [4.78, 5) is 19.4. The highest BCUT2D eigenvalue weighted by Crippen LogP contribution is 2.15. The first-order valence-corrected chi connectivity index (χ1v) is 4.48. The first kappa shape index (κ1) is 11.0. The van der Waals surface area contributed by atoms with Gasteiger partial charge in [0.2, 0.25) is 6.29 Å². The van der Waals surface area contributed by atoms with Gasteiger partial charge in [0.15, 0.2) is 6.61 Å². The zero-order valence-electron chi connectivity index (χ0n) is 5.08. The summed E-state index contributed by atoms with van der Waals surface area (Å²) in [5, 5.41) is 8.47. The lowest BCUT2D eigenvalue weighted by Gasteiger charge is -1.98. The van der Waals surface area contributed by atoms with Crippen molar-refractivity contribution in [2.45, 2.75) is 6.29 Å². The second-order valence-electron chi connectivity index (χ2n) is 1.30. The number of aliphatic hydroxyl groups excluding tert-OH is 1. The Balaban J connectivity index is 3.44. The quantitative estimate of drug-likeness (QED) is 0.419. The van der Waals surface area contributed by atoms with Gasteiger partial charge in [0.25, 0.3) is 0 Å². The molecule has 11 heavy (non-hydrogen) atoms. The molecule has 1 N–H and O–H groups in total. The largest absolute Gasteiger partial charge is 0.566 e. The van der Waals surface area contributed by atoms with Crippen molar-refractivity contribution in [3.05, 3.63) is 0 Å². The molecule has 0 spiro atoms. The third kappa shape index (κ3) is 7.90. The van der Waals surface area contributed by atoms with Crippen LogP contribution in [0, 0.1) is 0 Å². The summed E-state index contributed by atoms with van der Waals surface area (Å²) in [5.74, 6) is 0. The van der Waals surface area contributed by atoms with Crippen LogP contribution in [0.25, 0.3) is 0 Å². The Morgan fingerprint density at radius 2 is 1.91 bits per heavy atom. The minimum atomic E-state index is -3.20. The van der Waals surface area contributed by atoms with Crippen LogP contribution in [0.1, 0.15) is 0 Å². The van der Waals surface area contributed by atoms with Crippen LogP contribution in [0.5, 0.6) is 0 Å². The van der Waals surface area contributed by atoms with Crippen molar-refractivity contribution in [2.75, 3.05) is 6.61 Å². The lowest BCUT2D eigenvalue weighted by molar-refractivity contribution is -0.210. The Kier molecular flexibility index (Phi) is 5.62. The Morgan fingerprint density at radius 3 is 2.27 bits per heavy atom. The van der Waals surface area contributed by atoms with Crippen LogP contribution < -0.4 is 9.79 Å². The van der Waals surface area contributed by atoms with Crippen LogP contribution in [0.15, 0.2) is 0 Å². The monoisotopic (exact) mass is 202 g/mol. The molecule has 9 heteroatoms. The van der Waals surface area contributed by atoms with Crippen molar-refractivity contribution in [1.82, 2.24) is 0 Å². The first-order chi connectivity index (χ1) is 5.02. The molecule has 0 rings (SSSR count). The average Bonchev–Trinajstić information content (AvgIpc) is 1.82. The summed E-state index contributed by atoms with van der Waals surface area (Å²) < 4.78 is 26.9. The van der Waals surface area contributed by atoms with Crippen molar-refractivity contribution < 1.29 is 33.1 Å². The summed E-state index contributed by atoms with van der Waals surface area (Å²) >= 11 is 0. The predicted molar refractivity (Wildman–Crippen MR) is 28.3 cm³/mol. The van der Waals surface area contributed by atoms with E-state index in [0.29, 0.717) is 0 Å². The maximum atomic E-state index is 9.70. The molecule has 0 aliphatic carbocycles. The molecule has 0 aromatic carbocycles. The number of hydrogen-bond donors (Lipinski definition) is 1. The molecule has 0 fully saturated rings. The van der Waals surface area contributed by atoms with E-state index < -0.39 is 29.4 Å². The molecule has 0 aromatic rings. The molecule has 64 valence electrons. The van der Waals surface area contributed by atoms with Crippen LogP contribution in [0.2, 0.25) is 0 Å². The van der Waals surface area contributed by atoms with Crippen LogP contribution in [-0.4, -0.2) is 18.0 Å². The second kappa shape index (κ2) is 5.62. The lowest BCUT2D eigenvalue weighted by atomic mass is 10.7. The van der Waals surface area contributed by atoms with Crippen molar-refractivity contribution in [3.63, 3.8) is 0 Å². The molecule has 0 amide bonds. The van der Waals surface area contributed by atoms with Crippen LogP contribution in [0.3, 0.4) is 0 Å². The molecular formula is C2H4O7P2. The third-order valence-electron chi connectivity index (χ3n) is 0.530. The fraction of sp³-hybridized carbons (Fsp3) is 1.00. The van der Waals surface area contributed by atoms with Crippen molar-refractivity contribution >= 4 is 16.5 Å². The smallest absolute Gasteiger partial charge is 0.491 e. The Bertz CT molecular complexity index is 157. The van der Waals surface area contributed by atoms with Gasteiger partial charge in [-0.2, -0.15) is 0 Å². The summed E-state index contributed by atoms with van der Waals surface area (Å²) in [7, 11) is -6.29. The molecule has 0 aliphatic heterocycles. The van der Waals surface area contributed by atoms with E-state index >= 15 is 0 Å². The van der Waals surface area contributed by atoms with Crippen molar-refractivity contribution in [1.29, 1.82) is 0 Å². The zero-order chi connectivity index (χ0) is 8.85. The van der Waals surface area contributed by atoms with E-state index in [9.17, 15) is 18.9 Å². The van der Waals surface area contributed by atoms with E-state index in [4.69, 9.17) is 5.11 Å². The summed E-state index contributed by atoms with van der Waals surface area (Å²) in [5.41, 5.74) is 0. The van der Waals surface area contributed by atoms with Crippen LogP contribution >= 0.6 is 16.5 Å². The zero-order valence-corrected chi connectivity index (χ0v) is 6.86. The number of hydrogen-bond acceptors (Lipinski definition) is 7. The fourth-order valence-electron chi connectivity index (χ4n) is 0.254. The molecule has 3 atom stereocenters. The van der Waals surface area contributed by atoms with Crippen LogP contribution in [0.4, 0.5) is 0 Å². The first-order valence-electron chi connectivity index (χ1n) is 2.29. The van der Waals surface area contributed by atoms with Gasteiger partial charge in [0.1, 0.15) is 0 Å². The minimum Gasteiger partial charge on any atom is -0.566 e. The maximum absolute atomic E-state index is 9.70. The molecule has 0 bridgehead atoms. The molecule has 0 aromatic heterocycles. The Hall–Kier alpha value is -0.0000000000000000486. The van der Waals surface area contributed by atoms with E-state index in [-0.39, 0.29) is 0 Å². The van der Waals surface area contributed by atoms with Gasteiger partial charge in [0, 0.05) is 0 Å². The van der Waals surface area contributed by atoms with E-state index in [1.54, 1.807) is 0 Å². The van der Waals surface area contributed by atoms with E-state index in [1.807, 2.05) is 0 Å². The van der Waals surface area contributed by atoms with Gasteiger partial charge < -0.3 is 14.9 Å². The van der Waals surface area contributed by atoms with E-state index in [1.165, 1.54) is 0 Å². The number of aliphatic hydroxyl groups is 1. The molecule has 3 unspecified atom stereocenters. The Labute approximate surface area is 63.5 Å². The third-order valence-corrected chi connectivity index (χ3v) is 1.31. The number of rotatable bonds is 5. The van der Waals surface area contributed by atoms with Gasteiger partial charge >= 0.3 is 16.5 Å². The molecule has 0 aliphatic rings. The minimum absolute atomic E-state index is 0.734. The Morgan fingerprint density at radius 1 is 1.36 bits per heavy atom. The molecule has 0 heterocycles. The van der Waals surface area contributed by atoms with Gasteiger partial charge in [-0.1, -0.05) is 0 Å². The highest BCUT2D eigenvalue weighted by Gasteiger charge is 2.17. The summed E-state index contributed by atoms with van der Waals surface area (Å²) in [6, 6.07) is 0. The van der Waals surface area contributed by atoms with E-state index in [2.05, 4.69) is 9.05 Å². The summed E-state index contributed by atoms with van der Waals surface area (Å²) in [6.45, 7) is -0.734. The fourth-order valence-corrected chi connectivity index (χ4v) is 0.763. The van der Waals surface area contributed by atoms with E-state index in [0.717, 1.165) is 0 Å². The maximum Gasteiger partial charge on any atom is 0.491 e. The predicted octanol–water partition coefficient (Wildman–Crippen LogP) is -1.63. The normalized spacial score (nSPS) is 15.9. The second-order valence-corrected chi connectivity index (χ2v) is 2.67. The van der Waals surface area contributed by atoms with Gasteiger partial charge in [0.05, 0.1) is 0 Å². The highest BCUT2D eigenvalue weighted by atomic mass is 31.1. The SMILES string of the molecule is O=[P+]([O-])OCC(O)O[P+](=O)[O-]. The van der Waals surface area contributed by atoms with Crippen molar-refractivity contribution in [2.24, 2.45) is 0 Å². The average molecular weight is 202 g/mol. The topological polar surface area (TPSA) is 119 Å². The van der Waals surface area contributed by atoms with Gasteiger partial charge in [-0.25, -0.2) is 0 Å². The van der Waals surface area contributed by atoms with Gasteiger partial charge in [-0.15, -0.1) is 9.05 Å². The van der Waals surface area contributed by atoms with Gasteiger partial charge in [-0.3, -0.25) is 0 Å². The molecule has 0 saturated heterocycles. The lowest BCUT2D eigenvalue weighted by Crippen LogP contribution is -2.16. The van der Waals surface area contributed by atoms with Gasteiger partial charge in [-0.05, 0) is 9.13 Å².